The number of para-hydroxylation sites is 2. The average Bonchev–Trinajstić information content (AvgIpc) is 1.55. The molecule has 5 aliphatic rings. The van der Waals surface area contributed by atoms with Crippen molar-refractivity contribution in [1.82, 2.24) is 39.9 Å². The van der Waals surface area contributed by atoms with E-state index < -0.39 is 5.41 Å². The van der Waals surface area contributed by atoms with Crippen LogP contribution in [0.2, 0.25) is 0 Å². The van der Waals surface area contributed by atoms with Gasteiger partial charge in [0.2, 0.25) is 23.0 Å². The number of aromatic nitrogens is 8. The number of rotatable bonds is 33. The van der Waals surface area contributed by atoms with Crippen molar-refractivity contribution in [3.63, 3.8) is 0 Å². The van der Waals surface area contributed by atoms with E-state index in [-0.39, 0.29) is 33.0 Å². The van der Waals surface area contributed by atoms with Gasteiger partial charge in [-0.25, -0.2) is 19.9 Å². The fourth-order valence-electron chi connectivity index (χ4n) is 20.7. The van der Waals surface area contributed by atoms with Crippen LogP contribution < -0.4 is 81.7 Å². The molecule has 144 heavy (non-hydrogen) atoms. The fraction of sp³-hybridized carbons (Fsp3) is 0.207. The van der Waals surface area contributed by atoms with Gasteiger partial charge < -0.3 is 81.7 Å². The molecule has 0 saturated heterocycles. The molecular weight excluding hydrogens is 1890 g/mol. The molecule has 21 nitrogen and oxygen atoms in total. The van der Waals surface area contributed by atoms with E-state index in [9.17, 15) is 0 Å². The molecule has 4 aliphatic heterocycles. The molecule has 0 radical (unpaired) electrons. The van der Waals surface area contributed by atoms with E-state index in [1.54, 1.807) is 85.3 Å². The molecule has 730 valence electrons. The summed E-state index contributed by atoms with van der Waals surface area (Å²) in [6, 6.07) is 77.7. The molecular formula is C121H109N9Ni2O12. The molecule has 1 aliphatic carbocycles. The van der Waals surface area contributed by atoms with E-state index in [4.69, 9.17) is 96.7 Å². The third kappa shape index (κ3) is 18.5. The summed E-state index contributed by atoms with van der Waals surface area (Å²) in [5.41, 5.74) is 29.1. The van der Waals surface area contributed by atoms with Crippen molar-refractivity contribution in [2.75, 3.05) is 90.2 Å². The normalized spacial score (nSPS) is 12.3. The molecule has 0 saturated carbocycles. The number of benzene rings is 9. The molecule has 23 heteroatoms. The van der Waals surface area contributed by atoms with E-state index >= 15 is 0 Å². The largest absolute Gasteiger partial charge is 2.00 e. The molecule has 0 N–H and O–H groups in total. The number of nitrogens with zero attached hydrogens (tertiary/aromatic N) is 9. The first-order valence-electron chi connectivity index (χ1n) is 48.0. The summed E-state index contributed by atoms with van der Waals surface area (Å²) in [7, 11) is 19.5. The third-order valence-corrected chi connectivity index (χ3v) is 27.4. The van der Waals surface area contributed by atoms with Gasteiger partial charge in [0.15, 0.2) is 46.0 Å². The maximum Gasteiger partial charge on any atom is 2.00 e. The van der Waals surface area contributed by atoms with Gasteiger partial charge >= 0.3 is 33.0 Å². The predicted octanol–water partition coefficient (Wildman–Crippen LogP) is 28.1. The summed E-state index contributed by atoms with van der Waals surface area (Å²) in [5.74, 6) is 5.57. The number of ether oxygens (including phenoxy) is 12. The van der Waals surface area contributed by atoms with Crippen LogP contribution in [0, 0.1) is 0 Å². The second-order valence-electron chi connectivity index (χ2n) is 35.4. The molecule has 10 heterocycles. The minimum atomic E-state index is -0.549. The van der Waals surface area contributed by atoms with Crippen LogP contribution in [-0.2, 0) is 38.4 Å². The molecule has 9 aromatic carbocycles. The van der Waals surface area contributed by atoms with E-state index in [0.717, 1.165) is 159 Å². The molecule has 6 aromatic heterocycles. The molecule has 0 atom stereocenters. The van der Waals surface area contributed by atoms with Gasteiger partial charge in [0.1, 0.15) is 0 Å². The SMILES string of the molecule is CCCCCCC1(CCCCCC)c2cc(-c3c4nc(c(-c5cc(OC)c(OC)c(OC)c5)c5ccc(cc6nc(c(-c7cc(OC)c(OC)c(OC)c7)c7ccc3[n-]7)C=C6)[n-]5)C=C4)ccc2-c2ccc(-c3c4nc(c(-c5cc(OC)c(OC)c(OC)c5)c5ccc([n-]5)c(/C=C/c5ccc(N(c6ccccc6)c6ccccc6)cc5)c5nc(c(-c6cc(OC)c(OC)c(OC)c6)c6ccc3[n-]6)C=C5)C=C4)cc21.[Ni+2].[Ni+2]. The molecule has 20 rings (SSSR count). The van der Waals surface area contributed by atoms with Crippen molar-refractivity contribution in [3.05, 3.63) is 292 Å². The summed E-state index contributed by atoms with van der Waals surface area (Å²) >= 11 is 0. The van der Waals surface area contributed by atoms with Gasteiger partial charge in [-0.05, 0) is 259 Å². The molecule has 16 bridgehead atoms. The maximum atomic E-state index is 6.18. The van der Waals surface area contributed by atoms with E-state index in [1.165, 1.54) is 11.1 Å². The zero-order valence-corrected chi connectivity index (χ0v) is 84.7. The van der Waals surface area contributed by atoms with Gasteiger partial charge in [0.25, 0.3) is 0 Å². The van der Waals surface area contributed by atoms with Crippen molar-refractivity contribution in [2.45, 2.75) is 83.5 Å². The van der Waals surface area contributed by atoms with Gasteiger partial charge in [-0.3, -0.25) is 0 Å². The number of unbranched alkanes of at least 4 members (excludes halogenated alkanes) is 6. The topological polar surface area (TPSA) is 222 Å². The first kappa shape index (κ1) is 98.5. The zero-order chi connectivity index (χ0) is 97.8. The van der Waals surface area contributed by atoms with Crippen molar-refractivity contribution in [1.29, 1.82) is 0 Å². The van der Waals surface area contributed by atoms with Crippen LogP contribution in [0.15, 0.2) is 224 Å². The Balaban J connectivity index is 0.00000682. The van der Waals surface area contributed by atoms with Crippen LogP contribution in [0.3, 0.4) is 0 Å². The van der Waals surface area contributed by atoms with E-state index in [0.29, 0.717) is 170 Å². The molecule has 0 spiro atoms. The first-order valence-corrected chi connectivity index (χ1v) is 48.0. The van der Waals surface area contributed by atoms with E-state index in [2.05, 4.69) is 213 Å². The van der Waals surface area contributed by atoms with Crippen LogP contribution in [0.25, 0.3) is 183 Å². The summed E-state index contributed by atoms with van der Waals surface area (Å²) in [4.78, 5) is 47.8. The van der Waals surface area contributed by atoms with Crippen molar-refractivity contribution in [2.24, 2.45) is 0 Å². The van der Waals surface area contributed by atoms with E-state index in [1.807, 2.05) is 91.0 Å². The van der Waals surface area contributed by atoms with Gasteiger partial charge in [-0.15, -0.1) is 44.1 Å². The summed E-state index contributed by atoms with van der Waals surface area (Å²) in [5, 5.41) is 0. The monoisotopic (exact) mass is 2000 g/mol. The fourth-order valence-corrected chi connectivity index (χ4v) is 20.7. The molecule has 0 unspecified atom stereocenters. The van der Waals surface area contributed by atoms with Gasteiger partial charge in [-0.1, -0.05) is 205 Å². The first-order chi connectivity index (χ1) is 69.7. The Labute approximate surface area is 858 Å². The number of hydrogen-bond acceptors (Lipinski definition) is 17. The second kappa shape index (κ2) is 43.0. The number of hydrogen-bond donors (Lipinski definition) is 0. The maximum absolute atomic E-state index is 6.18. The minimum Gasteiger partial charge on any atom is -0.657 e. The van der Waals surface area contributed by atoms with Crippen LogP contribution >= 0.6 is 0 Å². The Morgan fingerprint density at radius 3 is 0.944 bits per heavy atom. The zero-order valence-electron chi connectivity index (χ0n) is 82.8. The van der Waals surface area contributed by atoms with Gasteiger partial charge in [0.05, 0.1) is 131 Å². The van der Waals surface area contributed by atoms with Crippen LogP contribution in [0.4, 0.5) is 17.1 Å². The predicted molar refractivity (Wildman–Crippen MR) is 572 cm³/mol. The van der Waals surface area contributed by atoms with Gasteiger partial charge in [-0.2, -0.15) is 0 Å². The van der Waals surface area contributed by atoms with Crippen molar-refractivity contribution >= 4 is 122 Å². The van der Waals surface area contributed by atoms with Crippen LogP contribution in [0.1, 0.15) is 146 Å². The third-order valence-electron chi connectivity index (χ3n) is 27.4. The van der Waals surface area contributed by atoms with Crippen molar-refractivity contribution < 1.29 is 89.8 Å². The Morgan fingerprint density at radius 1 is 0.271 bits per heavy atom. The molecule has 15 aromatic rings. The molecule has 0 amide bonds. The Kier molecular flexibility index (Phi) is 29.4. The Hall–Kier alpha value is -15.7. The summed E-state index contributed by atoms with van der Waals surface area (Å²) in [6.07, 6.45) is 30.8. The van der Waals surface area contributed by atoms with Crippen LogP contribution in [-0.4, -0.2) is 105 Å². The van der Waals surface area contributed by atoms with Gasteiger partial charge in [0, 0.05) is 22.5 Å². The smallest absolute Gasteiger partial charge is 0.657 e. The molecule has 0 fully saturated rings. The minimum absolute atomic E-state index is 0. The van der Waals surface area contributed by atoms with Crippen molar-refractivity contribution in [3.8, 4) is 147 Å². The summed E-state index contributed by atoms with van der Waals surface area (Å²) < 4.78 is 72.9. The standard InChI is InChI=1S/C121H109N9O12.2Ni/c1-15-17-19-27-59-121(60-28-20-18-16-2)87-61-73(111-93-51-55-99(126-93)113(75-63-103(131-3)117(139-11)104(64-75)132-4)91-45-38-79(122-91)71-80-39-46-92(123-80)114(100-56-52-94(111)127-100)76-65-105(133-5)118(140-12)106(66-76)134-6)36-43-84(87)85-44-37-74(62-88(85)121)112-95-53-57-101(128-95)115(77-67-107(135-7)119(141-13)108(68-77)136-8)97-49-47-89(124-97)86(42-35-72-33-40-83(41-34-72)130(81-29-23-21-24-30-81)82-31-25-22-26-32-82)90-48-50-98(125-90)116(102-58-54-96(112)129-102)78-69-109(137-9)120(142-14)110(70-78)138-10;;/h21-26,29-58,61-71H,15-20,27-28,59-60H2,1-14H3;;/q-4;2*+2/b42-35+,79-71?,80-71?,89-86?,90-86?,111-93?,111-94?,112-95?,112-96?,113-91?,113-99?,114-92?,114-100?,115-97?,115-101?,116-98?,116-102?;;. The Morgan fingerprint density at radius 2 is 0.583 bits per heavy atom. The second-order valence-corrected chi connectivity index (χ2v) is 35.4. The Bertz CT molecular complexity index is 7670. The quantitative estimate of drug-likeness (QED) is 0.0275. The van der Waals surface area contributed by atoms with Crippen LogP contribution in [0.5, 0.6) is 69.0 Å². The average molecular weight is 2000 g/mol. The number of anilines is 3. The number of methoxy groups -OCH3 is 12. The summed E-state index contributed by atoms with van der Waals surface area (Å²) in [6.45, 7) is 4.57. The number of fused-ring (bicyclic) bond motifs is 19.